The number of fused-ring (bicyclic) bond motifs is 1. The second-order valence-corrected chi connectivity index (χ2v) is 8.57. The number of ether oxygens (including phenoxy) is 1. The van der Waals surface area contributed by atoms with Gasteiger partial charge in [-0.15, -0.1) is 12.4 Å². The Morgan fingerprint density at radius 3 is 2.70 bits per heavy atom. The van der Waals surface area contributed by atoms with Crippen molar-refractivity contribution < 1.29 is 9.53 Å². The Morgan fingerprint density at radius 2 is 1.97 bits per heavy atom. The molecule has 1 aliphatic rings. The summed E-state index contributed by atoms with van der Waals surface area (Å²) < 4.78 is 5.56. The van der Waals surface area contributed by atoms with Crippen molar-refractivity contribution in [1.82, 2.24) is 29.9 Å². The fourth-order valence-corrected chi connectivity index (χ4v) is 4.68. The highest BCUT2D eigenvalue weighted by molar-refractivity contribution is 6.32. The van der Waals surface area contributed by atoms with Gasteiger partial charge < -0.3 is 14.6 Å². The van der Waals surface area contributed by atoms with Crippen LogP contribution < -0.4 is 4.74 Å². The van der Waals surface area contributed by atoms with Crippen LogP contribution in [0.5, 0.6) is 5.75 Å². The van der Waals surface area contributed by atoms with Crippen molar-refractivity contribution in [3.8, 4) is 11.4 Å². The molecule has 3 heterocycles. The third kappa shape index (κ3) is 3.63. The molecule has 2 aromatic carbocycles. The number of amides is 1. The molecule has 0 radical (unpaired) electrons. The average molecular weight is 487 g/mol. The Balaban J connectivity index is 0.00000259. The van der Waals surface area contributed by atoms with Crippen LogP contribution in [0, 0.1) is 6.92 Å². The number of rotatable bonds is 4. The summed E-state index contributed by atoms with van der Waals surface area (Å²) in [6, 6.07) is 9.20. The second kappa shape index (κ2) is 8.68. The number of nitrogens with zero attached hydrogens (tertiary/aromatic N) is 5. The summed E-state index contributed by atoms with van der Waals surface area (Å²) in [7, 11) is 1.56. The van der Waals surface area contributed by atoms with Gasteiger partial charge in [0.1, 0.15) is 22.8 Å². The van der Waals surface area contributed by atoms with Crippen molar-refractivity contribution in [3.05, 3.63) is 64.7 Å². The maximum Gasteiger partial charge on any atom is 0.260 e. The molecule has 1 aliphatic heterocycles. The Labute approximate surface area is 202 Å². The van der Waals surface area contributed by atoms with Gasteiger partial charge in [-0.25, -0.2) is 4.98 Å². The number of likely N-dealkylation sites (tertiary alicyclic amines) is 1. The standard InChI is InChI=1S/C23H23ClN6O2.ClH/c1-14-15(24)8-9-16-20(14)28-22(27-16)23(2)10-5-13-29(23)21(31)19-17(30-25-11-12-26-30)6-4-7-18(19)32-3;/h4,6-9,11-12H,5,10,13H2,1-3H3,(H,27,28);1H/t23-;/m0./s1. The van der Waals surface area contributed by atoms with Crippen LogP contribution in [0.25, 0.3) is 16.7 Å². The van der Waals surface area contributed by atoms with Crippen LogP contribution in [0.3, 0.4) is 0 Å². The first-order valence-corrected chi connectivity index (χ1v) is 10.8. The van der Waals surface area contributed by atoms with Gasteiger partial charge in [-0.2, -0.15) is 15.0 Å². The average Bonchev–Trinajstić information content (AvgIpc) is 3.55. The largest absolute Gasteiger partial charge is 0.496 e. The van der Waals surface area contributed by atoms with E-state index >= 15 is 0 Å². The van der Waals surface area contributed by atoms with Crippen molar-refractivity contribution in [2.75, 3.05) is 13.7 Å². The van der Waals surface area contributed by atoms with Gasteiger partial charge in [-0.05, 0) is 56.5 Å². The first-order valence-electron chi connectivity index (χ1n) is 10.4. The molecule has 1 atom stereocenters. The van der Waals surface area contributed by atoms with Gasteiger partial charge in [-0.3, -0.25) is 4.79 Å². The molecule has 1 amide bonds. The topological polar surface area (TPSA) is 88.9 Å². The molecule has 0 bridgehead atoms. The number of methoxy groups -OCH3 is 1. The van der Waals surface area contributed by atoms with Crippen LogP contribution in [0.2, 0.25) is 5.02 Å². The normalized spacial score (nSPS) is 17.9. The van der Waals surface area contributed by atoms with Gasteiger partial charge in [0.25, 0.3) is 5.91 Å². The third-order valence-corrected chi connectivity index (χ3v) is 6.72. The highest BCUT2D eigenvalue weighted by atomic mass is 35.5. The van der Waals surface area contributed by atoms with Crippen molar-refractivity contribution in [2.45, 2.75) is 32.2 Å². The molecular formula is C23H24Cl2N6O2. The number of nitrogens with one attached hydrogen (secondary N) is 1. The van der Waals surface area contributed by atoms with Crippen LogP contribution in [-0.2, 0) is 5.54 Å². The molecule has 1 N–H and O–H groups in total. The van der Waals surface area contributed by atoms with Crippen LogP contribution in [0.1, 0.15) is 41.5 Å². The minimum atomic E-state index is -0.606. The molecule has 1 fully saturated rings. The number of carbonyl (C=O) groups is 1. The zero-order chi connectivity index (χ0) is 22.5. The molecule has 5 rings (SSSR count). The van der Waals surface area contributed by atoms with Crippen molar-refractivity contribution in [3.63, 3.8) is 0 Å². The lowest BCUT2D eigenvalue weighted by Gasteiger charge is -2.34. The maximum absolute atomic E-state index is 14.0. The van der Waals surface area contributed by atoms with Gasteiger partial charge in [0, 0.05) is 11.6 Å². The van der Waals surface area contributed by atoms with E-state index in [0.717, 1.165) is 35.3 Å². The maximum atomic E-state index is 14.0. The molecule has 0 spiro atoms. The van der Waals surface area contributed by atoms with Crippen molar-refractivity contribution in [1.29, 1.82) is 0 Å². The Kier molecular flexibility index (Phi) is 6.07. The number of halogens is 2. The number of aryl methyl sites for hydroxylation is 1. The number of hydrogen-bond acceptors (Lipinski definition) is 5. The highest BCUT2D eigenvalue weighted by Crippen LogP contribution is 2.41. The summed E-state index contributed by atoms with van der Waals surface area (Å²) in [6.45, 7) is 4.61. The lowest BCUT2D eigenvalue weighted by Crippen LogP contribution is -2.44. The highest BCUT2D eigenvalue weighted by Gasteiger charge is 2.45. The van der Waals surface area contributed by atoms with Gasteiger partial charge in [0.15, 0.2) is 0 Å². The lowest BCUT2D eigenvalue weighted by molar-refractivity contribution is 0.0602. The van der Waals surface area contributed by atoms with E-state index in [1.54, 1.807) is 25.6 Å². The Hall–Kier alpha value is -3.10. The number of H-pyrrole nitrogens is 1. The molecule has 172 valence electrons. The number of aromatic nitrogens is 5. The zero-order valence-electron chi connectivity index (χ0n) is 18.5. The minimum Gasteiger partial charge on any atom is -0.496 e. The summed E-state index contributed by atoms with van der Waals surface area (Å²) in [5.74, 6) is 1.08. The van der Waals surface area contributed by atoms with Crippen LogP contribution >= 0.6 is 24.0 Å². The fraction of sp³-hybridized carbons (Fsp3) is 0.304. The molecular weight excluding hydrogens is 463 g/mol. The molecule has 2 aromatic heterocycles. The predicted molar refractivity (Wildman–Crippen MR) is 129 cm³/mol. The molecule has 0 aliphatic carbocycles. The summed E-state index contributed by atoms with van der Waals surface area (Å²) >= 11 is 6.30. The van der Waals surface area contributed by atoms with Crippen LogP contribution in [-0.4, -0.2) is 49.4 Å². The molecule has 1 saturated heterocycles. The van der Waals surface area contributed by atoms with E-state index in [1.807, 2.05) is 43.0 Å². The van der Waals surface area contributed by atoms with Crippen LogP contribution in [0.15, 0.2) is 42.7 Å². The number of imidazole rings is 1. The molecule has 10 heteroatoms. The molecule has 33 heavy (non-hydrogen) atoms. The smallest absolute Gasteiger partial charge is 0.260 e. The molecule has 8 nitrogen and oxygen atoms in total. The van der Waals surface area contributed by atoms with Gasteiger partial charge in [0.05, 0.1) is 36.1 Å². The summed E-state index contributed by atoms with van der Waals surface area (Å²) in [6.07, 6.45) is 4.81. The van der Waals surface area contributed by atoms with E-state index < -0.39 is 5.54 Å². The summed E-state index contributed by atoms with van der Waals surface area (Å²) in [4.78, 5) is 25.6. The molecule has 4 aromatic rings. The third-order valence-electron chi connectivity index (χ3n) is 6.31. The van der Waals surface area contributed by atoms with E-state index in [1.165, 1.54) is 4.80 Å². The van der Waals surface area contributed by atoms with E-state index in [0.29, 0.717) is 28.6 Å². The van der Waals surface area contributed by atoms with Crippen molar-refractivity contribution in [2.24, 2.45) is 0 Å². The number of aromatic amines is 1. The predicted octanol–water partition coefficient (Wildman–Crippen LogP) is 4.69. The summed E-state index contributed by atoms with van der Waals surface area (Å²) in [5.41, 5.74) is 3.04. The quantitative estimate of drug-likeness (QED) is 0.451. The fourth-order valence-electron chi connectivity index (χ4n) is 4.52. The number of benzene rings is 2. The van der Waals surface area contributed by atoms with E-state index in [2.05, 4.69) is 15.2 Å². The van der Waals surface area contributed by atoms with E-state index in [9.17, 15) is 4.79 Å². The molecule has 0 saturated carbocycles. The van der Waals surface area contributed by atoms with E-state index in [-0.39, 0.29) is 18.3 Å². The monoisotopic (exact) mass is 486 g/mol. The van der Waals surface area contributed by atoms with E-state index in [4.69, 9.17) is 21.3 Å². The van der Waals surface area contributed by atoms with Gasteiger partial charge in [0.2, 0.25) is 0 Å². The van der Waals surface area contributed by atoms with Gasteiger partial charge >= 0.3 is 0 Å². The second-order valence-electron chi connectivity index (χ2n) is 8.16. The van der Waals surface area contributed by atoms with Crippen molar-refractivity contribution >= 4 is 40.9 Å². The minimum absolute atomic E-state index is 0. The summed E-state index contributed by atoms with van der Waals surface area (Å²) in [5, 5.41) is 9.11. The SMILES string of the molecule is COc1cccc(-n2nccn2)c1C(=O)N1CCC[C@@]1(C)c1nc2c(C)c(Cl)ccc2[nH]1.Cl. The zero-order valence-corrected chi connectivity index (χ0v) is 20.1. The first-order chi connectivity index (χ1) is 15.4. The molecule has 0 unspecified atom stereocenters. The first kappa shape index (κ1) is 23.1. The lowest BCUT2D eigenvalue weighted by atomic mass is 9.96. The van der Waals surface area contributed by atoms with Crippen LogP contribution in [0.4, 0.5) is 0 Å². The van der Waals surface area contributed by atoms with Gasteiger partial charge in [-0.1, -0.05) is 17.7 Å². The Bertz CT molecular complexity index is 1320. The number of carbonyl (C=O) groups excluding carboxylic acids is 1. The Morgan fingerprint density at radius 1 is 1.21 bits per heavy atom. The number of hydrogen-bond donors (Lipinski definition) is 1.